The summed E-state index contributed by atoms with van der Waals surface area (Å²) in [5.74, 6) is 3.99. The van der Waals surface area contributed by atoms with Crippen LogP contribution < -0.4 is 0 Å². The summed E-state index contributed by atoms with van der Waals surface area (Å²) in [7, 11) is 0. The summed E-state index contributed by atoms with van der Waals surface area (Å²) in [6, 6.07) is 143. The van der Waals surface area contributed by atoms with Gasteiger partial charge in [-0.3, -0.25) is 0 Å². The predicted octanol–water partition coefficient (Wildman–Crippen LogP) is 29.7. The van der Waals surface area contributed by atoms with Crippen molar-refractivity contribution in [1.82, 2.24) is 29.9 Å². The van der Waals surface area contributed by atoms with Gasteiger partial charge < -0.3 is 0 Å². The summed E-state index contributed by atoms with van der Waals surface area (Å²) in [4.78, 5) is 29.6. The molecule has 540 valence electrons. The molecule has 0 unspecified atom stereocenters. The lowest BCUT2D eigenvalue weighted by Crippen LogP contribution is -1.99. The number of rotatable bonds is 11. The number of fused-ring (bicyclic) bond motifs is 18. The SMILES string of the molecule is c1ccc(-c2nc(-c3ccccc3)nc(-c3ccc4c(c3)sc3cc(-c5ccc(-c6ccc(-c7ccc8c9ccccc9c9ccccc9c8c7)cc6)cc5)ccc34)n2)cc1.c1ccc(-c2nc(-c3ccccc3)nc(-c3ccc4c(c3)sc3cc(-c5ccc(-c6ccc7c8ccccc8c8ccccc8c7c6)cc5)ccc34)n2)cc1. The highest BCUT2D eigenvalue weighted by atomic mass is 32.1. The Hall–Kier alpha value is -14.8. The van der Waals surface area contributed by atoms with Crippen molar-refractivity contribution in [3.05, 3.63) is 400 Å². The maximum atomic E-state index is 4.97. The Morgan fingerprint density at radius 1 is 0.112 bits per heavy atom. The third kappa shape index (κ3) is 12.4. The van der Waals surface area contributed by atoms with E-state index < -0.39 is 0 Å². The first-order chi connectivity index (χ1) is 57.4. The van der Waals surface area contributed by atoms with Gasteiger partial charge in [0.15, 0.2) is 34.9 Å². The van der Waals surface area contributed by atoms with Crippen molar-refractivity contribution in [3.63, 3.8) is 0 Å². The lowest BCUT2D eigenvalue weighted by atomic mass is 9.91. The van der Waals surface area contributed by atoms with Crippen molar-refractivity contribution in [2.24, 2.45) is 0 Å². The summed E-state index contributed by atoms with van der Waals surface area (Å²) in [5, 5.41) is 20.5. The minimum absolute atomic E-state index is 0.664. The summed E-state index contributed by atoms with van der Waals surface area (Å²) in [6.45, 7) is 0. The first kappa shape index (κ1) is 68.0. The van der Waals surface area contributed by atoms with E-state index in [0.29, 0.717) is 34.9 Å². The minimum Gasteiger partial charge on any atom is -0.208 e. The first-order valence-corrected chi connectivity index (χ1v) is 40.7. The topological polar surface area (TPSA) is 77.3 Å². The van der Waals surface area contributed by atoms with Gasteiger partial charge >= 0.3 is 0 Å². The van der Waals surface area contributed by atoms with Crippen LogP contribution in [0.1, 0.15) is 0 Å². The van der Waals surface area contributed by atoms with Crippen LogP contribution in [0.4, 0.5) is 0 Å². The molecule has 0 bridgehead atoms. The largest absolute Gasteiger partial charge is 0.208 e. The molecule has 116 heavy (non-hydrogen) atoms. The third-order valence-electron chi connectivity index (χ3n) is 22.7. The molecule has 6 nitrogen and oxygen atoms in total. The second-order valence-corrected chi connectivity index (χ2v) is 31.7. The van der Waals surface area contributed by atoms with E-state index in [-0.39, 0.29) is 0 Å². The maximum absolute atomic E-state index is 4.97. The Balaban J connectivity index is 0.000000141. The molecule has 23 rings (SSSR count). The zero-order chi connectivity index (χ0) is 76.6. The molecular formula is C108H66N6S2. The number of nitrogens with zero attached hydrogens (tertiary/aromatic N) is 6. The minimum atomic E-state index is 0.664. The standard InChI is InChI=1S/C57H35N3S.C51H31N3S/c1-3-11-40(12-4-1)55-58-56(41-13-5-2-6-14-41)60-57(59-55)44-29-32-51-50-31-28-43(34-53(50)61-54(51)35-44)39-25-21-37(22-26-39)36-19-23-38(24-20-36)42-27-30-49-47-17-8-7-15-45(47)46-16-9-10-18-48(46)52(49)33-42;1-3-11-34(12-4-1)49-52-50(35-13-5-2-6-14-35)54-51(53-49)38-25-28-45-44-27-24-37(30-47(44)55-48(45)31-38)33-21-19-32(20-22-33)36-23-26-43-41-17-8-7-15-39(41)40-16-9-10-18-42(40)46(43)29-36/h1-35H;1-31H. The number of thiophene rings is 2. The Morgan fingerprint density at radius 3 is 0.526 bits per heavy atom. The van der Waals surface area contributed by atoms with Gasteiger partial charge in [-0.15, -0.1) is 22.7 Å². The Labute approximate surface area is 677 Å². The van der Waals surface area contributed by atoms with E-state index >= 15 is 0 Å². The zero-order valence-corrected chi connectivity index (χ0v) is 64.2. The Bertz CT molecular complexity index is 7600. The Kier molecular flexibility index (Phi) is 16.9. The van der Waals surface area contributed by atoms with Crippen LogP contribution in [-0.4, -0.2) is 29.9 Å². The maximum Gasteiger partial charge on any atom is 0.164 e. The van der Waals surface area contributed by atoms with Gasteiger partial charge in [-0.05, 0) is 157 Å². The molecule has 0 saturated carbocycles. The fourth-order valence-corrected chi connectivity index (χ4v) is 19.2. The highest BCUT2D eigenvalue weighted by molar-refractivity contribution is 7.26. The van der Waals surface area contributed by atoms with Gasteiger partial charge in [-0.2, -0.15) is 0 Å². The van der Waals surface area contributed by atoms with Crippen molar-refractivity contribution in [2.75, 3.05) is 0 Å². The van der Waals surface area contributed by atoms with Gasteiger partial charge in [-0.25, -0.2) is 29.9 Å². The molecular weight excluding hydrogens is 1450 g/mol. The predicted molar refractivity (Wildman–Crippen MR) is 490 cm³/mol. The molecule has 23 aromatic rings. The van der Waals surface area contributed by atoms with Crippen LogP contribution in [0, 0.1) is 0 Å². The lowest BCUT2D eigenvalue weighted by molar-refractivity contribution is 1.07. The molecule has 4 heterocycles. The average Bonchev–Trinajstić information content (AvgIpc) is 1.13. The highest BCUT2D eigenvalue weighted by Gasteiger charge is 2.20. The fraction of sp³-hybridized carbons (Fsp3) is 0. The van der Waals surface area contributed by atoms with Crippen LogP contribution >= 0.6 is 22.7 Å². The van der Waals surface area contributed by atoms with Gasteiger partial charge in [0.05, 0.1) is 0 Å². The summed E-state index contributed by atoms with van der Waals surface area (Å²) in [6.07, 6.45) is 0. The number of aromatic nitrogens is 6. The van der Waals surface area contributed by atoms with Crippen LogP contribution in [0.15, 0.2) is 400 Å². The van der Waals surface area contributed by atoms with Crippen molar-refractivity contribution in [3.8, 4) is 124 Å². The second-order valence-electron chi connectivity index (χ2n) is 29.6. The quantitative estimate of drug-likeness (QED) is 0.120. The first-order valence-electron chi connectivity index (χ1n) is 39.1. The summed E-state index contributed by atoms with van der Waals surface area (Å²) < 4.78 is 4.93. The number of benzene rings is 19. The molecule has 0 aliphatic rings. The molecule has 0 amide bonds. The molecule has 0 aliphatic heterocycles. The molecule has 4 aromatic heterocycles. The normalized spacial score (nSPS) is 11.6. The van der Waals surface area contributed by atoms with Gasteiger partial charge in [0.1, 0.15) is 0 Å². The summed E-state index contributed by atoms with van der Waals surface area (Å²) >= 11 is 3.62. The van der Waals surface area contributed by atoms with Crippen LogP contribution in [0.25, 0.3) is 229 Å². The molecule has 0 radical (unpaired) electrons. The molecule has 0 saturated heterocycles. The molecule has 19 aromatic carbocycles. The molecule has 0 spiro atoms. The van der Waals surface area contributed by atoms with Crippen molar-refractivity contribution >= 4 is 128 Å². The lowest BCUT2D eigenvalue weighted by Gasteiger charge is -2.12. The highest BCUT2D eigenvalue weighted by Crippen LogP contribution is 2.44. The van der Waals surface area contributed by atoms with Gasteiger partial charge in [0, 0.05) is 73.7 Å². The van der Waals surface area contributed by atoms with E-state index in [2.05, 4.69) is 279 Å². The van der Waals surface area contributed by atoms with Gasteiger partial charge in [-0.1, -0.05) is 364 Å². The van der Waals surface area contributed by atoms with Crippen LogP contribution in [0.3, 0.4) is 0 Å². The van der Waals surface area contributed by atoms with Crippen LogP contribution in [0.2, 0.25) is 0 Å². The smallest absolute Gasteiger partial charge is 0.164 e. The molecule has 0 N–H and O–H groups in total. The fourth-order valence-electron chi connectivity index (χ4n) is 16.8. The van der Waals surface area contributed by atoms with E-state index in [0.717, 1.165) is 33.4 Å². The summed E-state index contributed by atoms with van der Waals surface area (Å²) in [5.41, 5.74) is 17.9. The average molecular weight is 1510 g/mol. The van der Waals surface area contributed by atoms with E-state index in [1.54, 1.807) is 0 Å². The van der Waals surface area contributed by atoms with E-state index in [9.17, 15) is 0 Å². The van der Waals surface area contributed by atoms with E-state index in [4.69, 9.17) is 29.9 Å². The van der Waals surface area contributed by atoms with Crippen LogP contribution in [0.5, 0.6) is 0 Å². The molecule has 0 atom stereocenters. The second kappa shape index (κ2) is 28.7. The molecule has 0 fully saturated rings. The number of hydrogen-bond donors (Lipinski definition) is 0. The van der Waals surface area contributed by atoms with Crippen LogP contribution in [-0.2, 0) is 0 Å². The van der Waals surface area contributed by atoms with E-state index in [1.807, 2.05) is 144 Å². The third-order valence-corrected chi connectivity index (χ3v) is 24.9. The van der Waals surface area contributed by atoms with Crippen molar-refractivity contribution in [2.45, 2.75) is 0 Å². The molecule has 8 heteroatoms. The van der Waals surface area contributed by atoms with Gasteiger partial charge in [0.2, 0.25) is 0 Å². The zero-order valence-electron chi connectivity index (χ0n) is 62.6. The monoisotopic (exact) mass is 1510 g/mol. The van der Waals surface area contributed by atoms with E-state index in [1.165, 1.54) is 161 Å². The molecule has 0 aliphatic carbocycles. The van der Waals surface area contributed by atoms with Crippen molar-refractivity contribution in [1.29, 1.82) is 0 Å². The van der Waals surface area contributed by atoms with Crippen molar-refractivity contribution < 1.29 is 0 Å². The number of hydrogen-bond acceptors (Lipinski definition) is 8. The Morgan fingerprint density at radius 2 is 0.276 bits per heavy atom. The van der Waals surface area contributed by atoms with Gasteiger partial charge in [0.25, 0.3) is 0 Å².